The molecule has 0 saturated carbocycles. The van der Waals surface area contributed by atoms with E-state index in [-0.39, 0.29) is 16.0 Å². The summed E-state index contributed by atoms with van der Waals surface area (Å²) in [6.07, 6.45) is -0.226. The molecule has 5 rings (SSSR count). The SMILES string of the molecule is Cn1nc2ccc(N3CC[C@@H](N(C(=O)O)C(C)(C)C)C3)cc2c1S(=O)(=O)c1cccc2ccccc12. The van der Waals surface area contributed by atoms with Gasteiger partial charge in [0.1, 0.15) is 0 Å². The molecular formula is C27H30N4O4S. The Hall–Kier alpha value is -3.59. The quantitative estimate of drug-likeness (QED) is 0.422. The summed E-state index contributed by atoms with van der Waals surface area (Å²) in [5.74, 6) is 0. The molecule has 1 saturated heterocycles. The van der Waals surface area contributed by atoms with Crippen LogP contribution in [-0.2, 0) is 16.9 Å². The van der Waals surface area contributed by atoms with E-state index < -0.39 is 21.5 Å². The van der Waals surface area contributed by atoms with Gasteiger partial charge >= 0.3 is 6.09 Å². The summed E-state index contributed by atoms with van der Waals surface area (Å²) in [7, 11) is -2.23. The predicted molar refractivity (Wildman–Crippen MR) is 140 cm³/mol. The van der Waals surface area contributed by atoms with Crippen molar-refractivity contribution in [3.8, 4) is 0 Å². The Kier molecular flexibility index (Phi) is 5.70. The van der Waals surface area contributed by atoms with E-state index in [1.807, 2.05) is 69.3 Å². The van der Waals surface area contributed by atoms with Gasteiger partial charge in [-0.1, -0.05) is 36.4 Å². The molecule has 0 unspecified atom stereocenters. The molecule has 4 aromatic rings. The summed E-state index contributed by atoms with van der Waals surface area (Å²) in [6.45, 7) is 6.92. The number of carboxylic acid groups (broad SMARTS) is 1. The maximum atomic E-state index is 14.0. The van der Waals surface area contributed by atoms with Crippen LogP contribution in [0.5, 0.6) is 0 Å². The van der Waals surface area contributed by atoms with Crippen molar-refractivity contribution in [3.63, 3.8) is 0 Å². The van der Waals surface area contributed by atoms with E-state index in [9.17, 15) is 18.3 Å². The second-order valence-electron chi connectivity index (χ2n) is 10.3. The smallest absolute Gasteiger partial charge is 0.408 e. The predicted octanol–water partition coefficient (Wildman–Crippen LogP) is 4.92. The van der Waals surface area contributed by atoms with Crippen molar-refractivity contribution < 1.29 is 18.3 Å². The Morgan fingerprint density at radius 3 is 2.50 bits per heavy atom. The number of nitrogens with zero attached hydrogens (tertiary/aromatic N) is 4. The number of rotatable bonds is 4. The number of hydrogen-bond acceptors (Lipinski definition) is 5. The maximum absolute atomic E-state index is 14.0. The van der Waals surface area contributed by atoms with Crippen LogP contribution in [0, 0.1) is 0 Å². The lowest BCUT2D eigenvalue weighted by atomic mass is 10.0. The van der Waals surface area contributed by atoms with Crippen LogP contribution in [0.2, 0.25) is 0 Å². The highest BCUT2D eigenvalue weighted by Gasteiger charge is 2.37. The number of anilines is 1. The van der Waals surface area contributed by atoms with Gasteiger partial charge in [0.05, 0.1) is 16.5 Å². The van der Waals surface area contributed by atoms with Crippen LogP contribution in [0.4, 0.5) is 10.5 Å². The zero-order chi connectivity index (χ0) is 25.8. The largest absolute Gasteiger partial charge is 0.465 e. The van der Waals surface area contributed by atoms with Crippen molar-refractivity contribution in [2.45, 2.75) is 48.7 Å². The molecule has 36 heavy (non-hydrogen) atoms. The number of aromatic nitrogens is 2. The molecule has 1 aromatic heterocycles. The molecule has 0 aliphatic carbocycles. The standard InChI is InChI=1S/C27H30N4O4S/c1-27(2,3)31(26(32)33)20-14-15-30(17-20)19-12-13-23-22(16-19)25(29(4)28-23)36(34,35)24-11-7-9-18-8-5-6-10-21(18)24/h5-13,16,20H,14-15,17H2,1-4H3,(H,32,33)/t20-/m1/s1. The molecule has 0 spiro atoms. The van der Waals surface area contributed by atoms with Crippen LogP contribution in [0.25, 0.3) is 21.7 Å². The summed E-state index contributed by atoms with van der Waals surface area (Å²) < 4.78 is 29.3. The molecule has 2 heterocycles. The first-order valence-corrected chi connectivity index (χ1v) is 13.4. The third kappa shape index (κ3) is 3.97. The molecule has 1 aliphatic heterocycles. The number of fused-ring (bicyclic) bond motifs is 2. The summed E-state index contributed by atoms with van der Waals surface area (Å²) in [5.41, 5.74) is 0.934. The molecule has 8 nitrogen and oxygen atoms in total. The van der Waals surface area contributed by atoms with Gasteiger partial charge in [0, 0.05) is 42.1 Å². The van der Waals surface area contributed by atoms with Crippen LogP contribution in [0.15, 0.2) is 70.6 Å². The molecule has 3 aromatic carbocycles. The van der Waals surface area contributed by atoms with E-state index in [2.05, 4.69) is 10.00 Å². The van der Waals surface area contributed by atoms with Gasteiger partial charge < -0.3 is 10.0 Å². The number of benzene rings is 3. The van der Waals surface area contributed by atoms with Crippen molar-refractivity contribution in [2.24, 2.45) is 7.05 Å². The van der Waals surface area contributed by atoms with E-state index in [1.54, 1.807) is 19.2 Å². The third-order valence-electron chi connectivity index (χ3n) is 6.88. The third-order valence-corrected chi connectivity index (χ3v) is 8.81. The molecule has 1 atom stereocenters. The first-order valence-electron chi connectivity index (χ1n) is 12.0. The summed E-state index contributed by atoms with van der Waals surface area (Å²) >= 11 is 0. The van der Waals surface area contributed by atoms with Crippen LogP contribution >= 0.6 is 0 Å². The molecule has 0 radical (unpaired) electrons. The second kappa shape index (κ2) is 8.51. The zero-order valence-electron chi connectivity index (χ0n) is 20.8. The minimum atomic E-state index is -3.88. The molecule has 1 aliphatic rings. The molecular weight excluding hydrogens is 476 g/mol. The molecule has 1 fully saturated rings. The van der Waals surface area contributed by atoms with Crippen molar-refractivity contribution in [1.29, 1.82) is 0 Å². The number of hydrogen-bond donors (Lipinski definition) is 1. The van der Waals surface area contributed by atoms with Crippen LogP contribution in [0.1, 0.15) is 27.2 Å². The van der Waals surface area contributed by atoms with Gasteiger partial charge in [-0.15, -0.1) is 0 Å². The highest BCUT2D eigenvalue weighted by atomic mass is 32.2. The number of amides is 1. The van der Waals surface area contributed by atoms with Crippen molar-refractivity contribution >= 4 is 43.3 Å². The lowest BCUT2D eigenvalue weighted by Crippen LogP contribution is -2.52. The summed E-state index contributed by atoms with van der Waals surface area (Å²) in [4.78, 5) is 15.9. The van der Waals surface area contributed by atoms with Gasteiger partial charge in [0.2, 0.25) is 9.84 Å². The van der Waals surface area contributed by atoms with Crippen LogP contribution < -0.4 is 4.90 Å². The Balaban J connectivity index is 1.56. The Labute approximate surface area is 210 Å². The fraction of sp³-hybridized carbons (Fsp3) is 0.333. The van der Waals surface area contributed by atoms with Crippen molar-refractivity contribution in [1.82, 2.24) is 14.7 Å². The number of carbonyl (C=O) groups is 1. The monoisotopic (exact) mass is 506 g/mol. The summed E-state index contributed by atoms with van der Waals surface area (Å²) in [5, 5.41) is 16.5. The Bertz CT molecular complexity index is 1580. The van der Waals surface area contributed by atoms with E-state index in [1.165, 1.54) is 9.58 Å². The second-order valence-corrected chi connectivity index (χ2v) is 12.2. The fourth-order valence-corrected chi connectivity index (χ4v) is 7.17. The maximum Gasteiger partial charge on any atom is 0.408 e. The lowest BCUT2D eigenvalue weighted by molar-refractivity contribution is 0.0763. The van der Waals surface area contributed by atoms with Gasteiger partial charge in [-0.3, -0.25) is 9.58 Å². The lowest BCUT2D eigenvalue weighted by Gasteiger charge is -2.38. The average molecular weight is 507 g/mol. The van der Waals surface area contributed by atoms with Gasteiger partial charge in [0.25, 0.3) is 0 Å². The highest BCUT2D eigenvalue weighted by molar-refractivity contribution is 7.91. The molecule has 9 heteroatoms. The fourth-order valence-electron chi connectivity index (χ4n) is 5.39. The van der Waals surface area contributed by atoms with Crippen LogP contribution in [-0.4, -0.2) is 59.0 Å². The molecule has 1 amide bonds. The highest BCUT2D eigenvalue weighted by Crippen LogP contribution is 2.35. The van der Waals surface area contributed by atoms with E-state index in [4.69, 9.17) is 0 Å². The van der Waals surface area contributed by atoms with Gasteiger partial charge in [-0.05, 0) is 56.8 Å². The van der Waals surface area contributed by atoms with Gasteiger partial charge in [-0.25, -0.2) is 13.2 Å². The van der Waals surface area contributed by atoms with Crippen molar-refractivity contribution in [2.75, 3.05) is 18.0 Å². The van der Waals surface area contributed by atoms with E-state index in [0.29, 0.717) is 35.8 Å². The minimum Gasteiger partial charge on any atom is -0.465 e. The van der Waals surface area contributed by atoms with Crippen molar-refractivity contribution in [3.05, 3.63) is 60.7 Å². The topological polar surface area (TPSA) is 95.7 Å². The first kappa shape index (κ1) is 24.1. The summed E-state index contributed by atoms with van der Waals surface area (Å²) in [6, 6.07) is 18.2. The van der Waals surface area contributed by atoms with E-state index >= 15 is 0 Å². The average Bonchev–Trinajstić information content (AvgIpc) is 3.41. The normalized spacial score (nSPS) is 16.7. The van der Waals surface area contributed by atoms with Gasteiger partial charge in [-0.2, -0.15) is 5.10 Å². The number of aryl methyl sites for hydroxylation is 1. The Morgan fingerprint density at radius 1 is 1.06 bits per heavy atom. The molecule has 0 bridgehead atoms. The van der Waals surface area contributed by atoms with Gasteiger partial charge in [0.15, 0.2) is 5.03 Å². The minimum absolute atomic E-state index is 0.147. The first-order chi connectivity index (χ1) is 17.0. The van der Waals surface area contributed by atoms with E-state index in [0.717, 1.165) is 11.1 Å². The molecule has 188 valence electrons. The van der Waals surface area contributed by atoms with Crippen LogP contribution in [0.3, 0.4) is 0 Å². The number of sulfone groups is 1. The molecule has 1 N–H and O–H groups in total. The zero-order valence-corrected chi connectivity index (χ0v) is 21.7. The Morgan fingerprint density at radius 2 is 1.78 bits per heavy atom.